The van der Waals surface area contributed by atoms with E-state index in [1.807, 2.05) is 36.4 Å². The van der Waals surface area contributed by atoms with E-state index in [-0.39, 0.29) is 63.6 Å². The fraction of sp³-hybridized carbons (Fsp3) is 0.217. The van der Waals surface area contributed by atoms with E-state index >= 15 is 0 Å². The van der Waals surface area contributed by atoms with Gasteiger partial charge in [-0.15, -0.1) is 0 Å². The van der Waals surface area contributed by atoms with Crippen LogP contribution in [0.1, 0.15) is 25.7 Å². The predicted octanol–water partition coefficient (Wildman–Crippen LogP) is 1.05. The molecule has 0 fully saturated rings. The number of hydrogen-bond acceptors (Lipinski definition) is 6. The van der Waals surface area contributed by atoms with E-state index in [1.54, 1.807) is 18.2 Å². The number of fused-ring (bicyclic) bond motifs is 2. The number of unbranched alkanes of at least 4 members (excludes halogenated alkanes) is 2. The van der Waals surface area contributed by atoms with Gasteiger partial charge in [-0.2, -0.15) is 0 Å². The molecular formula is C23H20KNO5. The van der Waals surface area contributed by atoms with Crippen LogP contribution in [-0.2, 0) is 4.79 Å². The maximum atomic E-state index is 10.4. The molecule has 0 unspecified atom stereocenters. The number of nitrogens with zero attached hydrogens (tertiary/aromatic N) is 1. The second-order valence-corrected chi connectivity index (χ2v) is 6.93. The quantitative estimate of drug-likeness (QED) is 0.332. The van der Waals surface area contributed by atoms with Gasteiger partial charge in [-0.25, -0.2) is 4.98 Å². The number of benzene rings is 3. The van der Waals surface area contributed by atoms with E-state index in [4.69, 9.17) is 9.15 Å². The summed E-state index contributed by atoms with van der Waals surface area (Å²) in [4.78, 5) is 14.9. The SMILES string of the molecule is O=C([O-])CCCCCOc1ccc2cc(-c3nc4ccc(O)cc4o3)ccc2c1.[K+]. The molecule has 1 N–H and O–H groups in total. The molecule has 0 aliphatic carbocycles. The molecule has 30 heavy (non-hydrogen) atoms. The largest absolute Gasteiger partial charge is 1.00 e. The Hall–Kier alpha value is -1.90. The molecule has 4 aromatic rings. The molecule has 1 heterocycles. The monoisotopic (exact) mass is 429 g/mol. The van der Waals surface area contributed by atoms with Gasteiger partial charge in [0.2, 0.25) is 5.89 Å². The van der Waals surface area contributed by atoms with Crippen molar-refractivity contribution in [2.75, 3.05) is 6.61 Å². The van der Waals surface area contributed by atoms with E-state index in [0.717, 1.165) is 34.9 Å². The van der Waals surface area contributed by atoms with E-state index < -0.39 is 5.97 Å². The average molecular weight is 430 g/mol. The number of ether oxygens (including phenoxy) is 1. The molecule has 0 atom stereocenters. The standard InChI is InChI=1S/C23H21NO5.K/c25-18-8-10-20-21(14-18)29-23(24-20)17-6-5-16-13-19(9-7-15(16)12-17)28-11-3-1-2-4-22(26)27;/h5-10,12-14,25H,1-4,11H2,(H,26,27);/q;+1/p-1. The van der Waals surface area contributed by atoms with Crippen LogP contribution in [0.25, 0.3) is 33.3 Å². The van der Waals surface area contributed by atoms with Crippen molar-refractivity contribution in [2.24, 2.45) is 0 Å². The fourth-order valence-electron chi connectivity index (χ4n) is 3.22. The van der Waals surface area contributed by atoms with Gasteiger partial charge in [0, 0.05) is 17.6 Å². The predicted molar refractivity (Wildman–Crippen MR) is 108 cm³/mol. The number of aliphatic carboxylic acids is 1. The van der Waals surface area contributed by atoms with Gasteiger partial charge < -0.3 is 24.2 Å². The summed E-state index contributed by atoms with van der Waals surface area (Å²) in [6, 6.07) is 16.7. The number of phenols is 1. The van der Waals surface area contributed by atoms with Crippen molar-refractivity contribution in [2.45, 2.75) is 25.7 Å². The van der Waals surface area contributed by atoms with Gasteiger partial charge in [0.25, 0.3) is 0 Å². The van der Waals surface area contributed by atoms with Crippen LogP contribution in [0.15, 0.2) is 59.0 Å². The molecule has 0 saturated heterocycles. The number of carboxylic acids is 1. The van der Waals surface area contributed by atoms with Crippen molar-refractivity contribution in [1.29, 1.82) is 0 Å². The van der Waals surface area contributed by atoms with Crippen molar-refractivity contribution in [1.82, 2.24) is 4.98 Å². The zero-order chi connectivity index (χ0) is 20.2. The number of carboxylic acid groups (broad SMARTS) is 1. The molecule has 0 aliphatic heterocycles. The molecule has 1 aromatic heterocycles. The molecular weight excluding hydrogens is 409 g/mol. The third-order valence-electron chi connectivity index (χ3n) is 4.72. The van der Waals surface area contributed by atoms with Crippen molar-refractivity contribution in [3.05, 3.63) is 54.6 Å². The second-order valence-electron chi connectivity index (χ2n) is 6.93. The Balaban J connectivity index is 0.00000256. The first-order valence-corrected chi connectivity index (χ1v) is 9.55. The minimum atomic E-state index is -1.00. The van der Waals surface area contributed by atoms with E-state index in [2.05, 4.69) is 4.98 Å². The van der Waals surface area contributed by atoms with Gasteiger partial charge in [0.15, 0.2) is 5.58 Å². The van der Waals surface area contributed by atoms with Gasteiger partial charge in [0.1, 0.15) is 17.0 Å². The number of phenolic OH excluding ortho intramolecular Hbond substituents is 1. The summed E-state index contributed by atoms with van der Waals surface area (Å²) in [7, 11) is 0. The van der Waals surface area contributed by atoms with Crippen molar-refractivity contribution >= 4 is 27.8 Å². The first-order chi connectivity index (χ1) is 14.1. The topological polar surface area (TPSA) is 95.6 Å². The summed E-state index contributed by atoms with van der Waals surface area (Å²) in [6.07, 6.45) is 2.31. The maximum absolute atomic E-state index is 10.4. The summed E-state index contributed by atoms with van der Waals surface area (Å²) in [5.41, 5.74) is 2.10. The minimum Gasteiger partial charge on any atom is -0.550 e. The molecule has 0 saturated carbocycles. The Bertz CT molecular complexity index is 1170. The van der Waals surface area contributed by atoms with Gasteiger partial charge in [-0.3, -0.25) is 0 Å². The van der Waals surface area contributed by atoms with Crippen molar-refractivity contribution in [3.8, 4) is 23.0 Å². The number of aromatic nitrogens is 1. The summed E-state index contributed by atoms with van der Waals surface area (Å²) >= 11 is 0. The Morgan fingerprint density at radius 3 is 2.63 bits per heavy atom. The fourth-order valence-corrected chi connectivity index (χ4v) is 3.22. The average Bonchev–Trinajstić information content (AvgIpc) is 3.13. The zero-order valence-electron chi connectivity index (χ0n) is 16.8. The maximum Gasteiger partial charge on any atom is 1.00 e. The number of aromatic hydroxyl groups is 1. The molecule has 3 aromatic carbocycles. The molecule has 0 radical (unpaired) electrons. The van der Waals surface area contributed by atoms with Crippen LogP contribution in [0.4, 0.5) is 0 Å². The molecule has 0 amide bonds. The number of hydrogen-bond donors (Lipinski definition) is 1. The summed E-state index contributed by atoms with van der Waals surface area (Å²) < 4.78 is 11.5. The van der Waals surface area contributed by atoms with Gasteiger partial charge in [-0.05, 0) is 72.9 Å². The minimum absolute atomic E-state index is 0. The normalized spacial score (nSPS) is 10.8. The van der Waals surface area contributed by atoms with E-state index in [1.165, 1.54) is 0 Å². The molecule has 7 heteroatoms. The summed E-state index contributed by atoms with van der Waals surface area (Å²) in [5, 5.41) is 22.0. The number of oxazole rings is 1. The first-order valence-electron chi connectivity index (χ1n) is 9.55. The molecule has 0 bridgehead atoms. The molecule has 4 rings (SSSR count). The Morgan fingerprint density at radius 1 is 1.00 bits per heavy atom. The Morgan fingerprint density at radius 2 is 1.80 bits per heavy atom. The summed E-state index contributed by atoms with van der Waals surface area (Å²) in [5.74, 6) is 0.424. The number of carbonyl (C=O) groups is 1. The third kappa shape index (κ3) is 5.62. The first kappa shape index (κ1) is 22.8. The zero-order valence-corrected chi connectivity index (χ0v) is 19.9. The van der Waals surface area contributed by atoms with Crippen LogP contribution in [0, 0.1) is 0 Å². The molecule has 148 valence electrons. The van der Waals surface area contributed by atoms with Gasteiger partial charge >= 0.3 is 51.4 Å². The second kappa shape index (κ2) is 10.4. The smallest absolute Gasteiger partial charge is 0.550 e. The third-order valence-corrected chi connectivity index (χ3v) is 4.72. The Labute approximate surface area is 216 Å². The van der Waals surface area contributed by atoms with Gasteiger partial charge in [0.05, 0.1) is 6.61 Å². The Kier molecular flexibility index (Phi) is 7.91. The van der Waals surface area contributed by atoms with Gasteiger partial charge in [-0.1, -0.05) is 12.1 Å². The molecule has 6 nitrogen and oxygen atoms in total. The molecule has 0 spiro atoms. The van der Waals surface area contributed by atoms with Crippen LogP contribution in [0.3, 0.4) is 0 Å². The number of carbonyl (C=O) groups excluding carboxylic acids is 1. The van der Waals surface area contributed by atoms with Crippen LogP contribution >= 0.6 is 0 Å². The number of rotatable bonds is 8. The van der Waals surface area contributed by atoms with Crippen molar-refractivity contribution in [3.63, 3.8) is 0 Å². The van der Waals surface area contributed by atoms with Crippen LogP contribution in [0.5, 0.6) is 11.5 Å². The van der Waals surface area contributed by atoms with Crippen LogP contribution in [0.2, 0.25) is 0 Å². The van der Waals surface area contributed by atoms with Crippen LogP contribution < -0.4 is 61.2 Å². The van der Waals surface area contributed by atoms with Crippen LogP contribution in [-0.4, -0.2) is 22.7 Å². The molecule has 0 aliphatic rings. The summed E-state index contributed by atoms with van der Waals surface area (Å²) in [6.45, 7) is 0.548. The van der Waals surface area contributed by atoms with E-state index in [0.29, 0.717) is 30.0 Å². The van der Waals surface area contributed by atoms with Crippen molar-refractivity contribution < 1.29 is 75.5 Å². The van der Waals surface area contributed by atoms with E-state index in [9.17, 15) is 15.0 Å².